The number of carbonyl (C=O) groups excluding carboxylic acids is 1. The van der Waals surface area contributed by atoms with Crippen LogP contribution >= 0.6 is 0 Å². The SMILES string of the molecule is O=CNc1cc2[nH]c(=O)[nH]c2cc1N1CCCCC1. The average molecular weight is 260 g/mol. The lowest BCUT2D eigenvalue weighted by molar-refractivity contribution is -0.105. The minimum Gasteiger partial charge on any atom is -0.370 e. The molecule has 0 spiro atoms. The van der Waals surface area contributed by atoms with Crippen molar-refractivity contribution in [1.29, 1.82) is 0 Å². The molecular formula is C13H16N4O2. The van der Waals surface area contributed by atoms with Gasteiger partial charge in [0.1, 0.15) is 0 Å². The number of nitrogens with one attached hydrogen (secondary N) is 3. The van der Waals surface area contributed by atoms with E-state index in [2.05, 4.69) is 20.2 Å². The molecule has 6 nitrogen and oxygen atoms in total. The topological polar surface area (TPSA) is 81.0 Å². The third-order valence-corrected chi connectivity index (χ3v) is 3.54. The second kappa shape index (κ2) is 4.79. The first-order valence-corrected chi connectivity index (χ1v) is 6.49. The first-order valence-electron chi connectivity index (χ1n) is 6.49. The molecule has 0 radical (unpaired) electrons. The van der Waals surface area contributed by atoms with Crippen LogP contribution in [0.3, 0.4) is 0 Å². The fourth-order valence-electron chi connectivity index (χ4n) is 2.65. The van der Waals surface area contributed by atoms with Crippen molar-refractivity contribution in [1.82, 2.24) is 9.97 Å². The molecule has 0 atom stereocenters. The van der Waals surface area contributed by atoms with Crippen molar-refractivity contribution < 1.29 is 4.79 Å². The number of rotatable bonds is 3. The number of imidazole rings is 1. The van der Waals surface area contributed by atoms with Crippen LogP contribution in [0.4, 0.5) is 11.4 Å². The van der Waals surface area contributed by atoms with E-state index in [0.717, 1.165) is 42.8 Å². The summed E-state index contributed by atoms with van der Waals surface area (Å²) < 4.78 is 0. The van der Waals surface area contributed by atoms with Crippen molar-refractivity contribution in [3.05, 3.63) is 22.6 Å². The molecular weight excluding hydrogens is 244 g/mol. The van der Waals surface area contributed by atoms with Crippen LogP contribution in [-0.2, 0) is 4.79 Å². The van der Waals surface area contributed by atoms with Crippen LogP contribution in [0.25, 0.3) is 11.0 Å². The Hall–Kier alpha value is -2.24. The third kappa shape index (κ3) is 2.21. The van der Waals surface area contributed by atoms with Crippen LogP contribution in [-0.4, -0.2) is 29.5 Å². The molecule has 1 aromatic heterocycles. The number of piperidine rings is 1. The van der Waals surface area contributed by atoms with E-state index in [9.17, 15) is 9.59 Å². The number of aromatic amines is 2. The number of carbonyl (C=O) groups is 1. The Bertz CT molecular complexity index is 652. The molecule has 1 aliphatic heterocycles. The minimum absolute atomic E-state index is 0.233. The second-order valence-corrected chi connectivity index (χ2v) is 4.80. The van der Waals surface area contributed by atoms with E-state index >= 15 is 0 Å². The zero-order valence-corrected chi connectivity index (χ0v) is 10.5. The zero-order valence-electron chi connectivity index (χ0n) is 10.5. The van der Waals surface area contributed by atoms with E-state index in [1.807, 2.05) is 6.07 Å². The number of H-pyrrole nitrogens is 2. The smallest absolute Gasteiger partial charge is 0.323 e. The maximum absolute atomic E-state index is 11.3. The van der Waals surface area contributed by atoms with Crippen LogP contribution in [0.15, 0.2) is 16.9 Å². The first-order chi connectivity index (χ1) is 9.28. The Morgan fingerprint density at radius 2 is 1.79 bits per heavy atom. The van der Waals surface area contributed by atoms with E-state index in [1.165, 1.54) is 6.42 Å². The lowest BCUT2D eigenvalue weighted by atomic mass is 10.1. The number of hydrogen-bond acceptors (Lipinski definition) is 3. The highest BCUT2D eigenvalue weighted by Gasteiger charge is 2.16. The van der Waals surface area contributed by atoms with E-state index in [1.54, 1.807) is 6.07 Å². The Morgan fingerprint density at radius 3 is 2.47 bits per heavy atom. The number of aromatic nitrogens is 2. The van der Waals surface area contributed by atoms with Gasteiger partial charge in [0.25, 0.3) is 0 Å². The molecule has 1 fully saturated rings. The first kappa shape index (κ1) is 11.8. The van der Waals surface area contributed by atoms with Gasteiger partial charge in [0.05, 0.1) is 22.4 Å². The molecule has 1 amide bonds. The molecule has 0 unspecified atom stereocenters. The molecule has 2 aromatic rings. The Labute approximate surface area is 109 Å². The van der Waals surface area contributed by atoms with E-state index in [-0.39, 0.29) is 5.69 Å². The molecule has 1 saturated heterocycles. The summed E-state index contributed by atoms with van der Waals surface area (Å²) in [5.74, 6) is 0. The monoisotopic (exact) mass is 260 g/mol. The molecule has 0 aliphatic carbocycles. The summed E-state index contributed by atoms with van der Waals surface area (Å²) in [4.78, 5) is 29.8. The summed E-state index contributed by atoms with van der Waals surface area (Å²) in [7, 11) is 0. The normalized spacial score (nSPS) is 15.7. The summed E-state index contributed by atoms with van der Waals surface area (Å²) >= 11 is 0. The number of amides is 1. The van der Waals surface area contributed by atoms with Gasteiger partial charge in [-0.05, 0) is 31.4 Å². The highest BCUT2D eigenvalue weighted by atomic mass is 16.1. The molecule has 1 aromatic carbocycles. The standard InChI is InChI=1S/C13H16N4O2/c18-8-14-11-6-9-10(16-13(19)15-9)7-12(11)17-4-2-1-3-5-17/h6-8H,1-5H2,(H,14,18)(H2,15,16,19). The van der Waals surface area contributed by atoms with Crippen LogP contribution in [0.5, 0.6) is 0 Å². The van der Waals surface area contributed by atoms with Gasteiger partial charge in [-0.2, -0.15) is 0 Å². The second-order valence-electron chi connectivity index (χ2n) is 4.80. The van der Waals surface area contributed by atoms with Crippen molar-refractivity contribution in [3.63, 3.8) is 0 Å². The molecule has 6 heteroatoms. The van der Waals surface area contributed by atoms with Crippen molar-refractivity contribution in [2.24, 2.45) is 0 Å². The summed E-state index contributed by atoms with van der Waals surface area (Å²) in [6.07, 6.45) is 4.22. The molecule has 3 rings (SSSR count). The van der Waals surface area contributed by atoms with Gasteiger partial charge in [-0.3, -0.25) is 4.79 Å². The van der Waals surface area contributed by atoms with Crippen LogP contribution in [0.1, 0.15) is 19.3 Å². The van der Waals surface area contributed by atoms with E-state index < -0.39 is 0 Å². The van der Waals surface area contributed by atoms with Crippen LogP contribution in [0, 0.1) is 0 Å². The average Bonchev–Trinajstić information content (AvgIpc) is 2.78. The number of hydrogen-bond donors (Lipinski definition) is 3. The quantitative estimate of drug-likeness (QED) is 0.730. The number of nitrogens with zero attached hydrogens (tertiary/aromatic N) is 1. The van der Waals surface area contributed by atoms with Gasteiger partial charge in [0, 0.05) is 13.1 Å². The third-order valence-electron chi connectivity index (χ3n) is 3.54. The molecule has 1 aliphatic rings. The molecule has 100 valence electrons. The Balaban J connectivity index is 2.10. The fourth-order valence-corrected chi connectivity index (χ4v) is 2.65. The van der Waals surface area contributed by atoms with Crippen molar-refractivity contribution in [3.8, 4) is 0 Å². The summed E-state index contributed by atoms with van der Waals surface area (Å²) in [5, 5.41) is 2.72. The largest absolute Gasteiger partial charge is 0.370 e. The summed E-state index contributed by atoms with van der Waals surface area (Å²) in [6.45, 7) is 1.96. The van der Waals surface area contributed by atoms with E-state index in [4.69, 9.17) is 0 Å². The van der Waals surface area contributed by atoms with Crippen molar-refractivity contribution in [2.75, 3.05) is 23.3 Å². The number of anilines is 2. The van der Waals surface area contributed by atoms with Gasteiger partial charge in [-0.15, -0.1) is 0 Å². The molecule has 19 heavy (non-hydrogen) atoms. The lowest BCUT2D eigenvalue weighted by Gasteiger charge is -2.30. The van der Waals surface area contributed by atoms with Crippen LogP contribution < -0.4 is 15.9 Å². The highest BCUT2D eigenvalue weighted by Crippen LogP contribution is 2.31. The minimum atomic E-state index is -0.233. The van der Waals surface area contributed by atoms with E-state index in [0.29, 0.717) is 11.9 Å². The van der Waals surface area contributed by atoms with Crippen molar-refractivity contribution >= 4 is 28.8 Å². The predicted octanol–water partition coefficient (Wildman–Crippen LogP) is 1.41. The van der Waals surface area contributed by atoms with Crippen LogP contribution in [0.2, 0.25) is 0 Å². The van der Waals surface area contributed by atoms with Gasteiger partial charge in [-0.25, -0.2) is 4.79 Å². The van der Waals surface area contributed by atoms with Gasteiger partial charge in [0.15, 0.2) is 0 Å². The lowest BCUT2D eigenvalue weighted by Crippen LogP contribution is -2.30. The maximum Gasteiger partial charge on any atom is 0.323 e. The predicted molar refractivity (Wildman–Crippen MR) is 74.7 cm³/mol. The molecule has 2 heterocycles. The van der Waals surface area contributed by atoms with Gasteiger partial charge < -0.3 is 20.2 Å². The highest BCUT2D eigenvalue weighted by molar-refractivity contribution is 5.91. The van der Waals surface area contributed by atoms with Crippen molar-refractivity contribution in [2.45, 2.75) is 19.3 Å². The molecule has 0 saturated carbocycles. The Morgan fingerprint density at radius 1 is 1.11 bits per heavy atom. The summed E-state index contributed by atoms with van der Waals surface area (Å²) in [5.41, 5.74) is 2.94. The molecule has 3 N–H and O–H groups in total. The molecule has 0 bridgehead atoms. The summed E-state index contributed by atoms with van der Waals surface area (Å²) in [6, 6.07) is 3.72. The van der Waals surface area contributed by atoms with Gasteiger partial charge in [0.2, 0.25) is 6.41 Å². The number of fused-ring (bicyclic) bond motifs is 1. The zero-order chi connectivity index (χ0) is 13.2. The maximum atomic E-state index is 11.3. The fraction of sp³-hybridized carbons (Fsp3) is 0.385. The van der Waals surface area contributed by atoms with Gasteiger partial charge in [-0.1, -0.05) is 0 Å². The van der Waals surface area contributed by atoms with Gasteiger partial charge >= 0.3 is 5.69 Å². The Kier molecular flexibility index (Phi) is 2.98. The number of benzene rings is 1.